The standard InChI is InChI=1S/C55H36S/c1-55(2)48-31-30-46-44(28-29-45-38-18-12-13-23-50(38)56-54(45)46)53(48)47-25-24-34(32-49(47)55)35-26-27-43(37-17-7-6-16-36(35)37)52-41-21-10-8-19-39(41)51(33-14-4-3-5-15-33)40-20-9-11-22-42(40)52/h3-32H,1-2H3. The first kappa shape index (κ1) is 31.8. The van der Waals surface area contributed by atoms with Crippen LogP contribution in [0.3, 0.4) is 0 Å². The van der Waals surface area contributed by atoms with Gasteiger partial charge in [-0.05, 0) is 105 Å². The molecular formula is C55H36S. The fraction of sp³-hybridized carbons (Fsp3) is 0.0545. The predicted octanol–water partition coefficient (Wildman–Crippen LogP) is 16.0. The first-order chi connectivity index (χ1) is 27.6. The van der Waals surface area contributed by atoms with Crippen molar-refractivity contribution in [2.45, 2.75) is 19.3 Å². The van der Waals surface area contributed by atoms with Crippen LogP contribution in [0.25, 0.3) is 108 Å². The highest BCUT2D eigenvalue weighted by atomic mass is 32.1. The highest BCUT2D eigenvalue weighted by Crippen LogP contribution is 2.54. The van der Waals surface area contributed by atoms with Gasteiger partial charge in [0.2, 0.25) is 0 Å². The molecule has 0 aliphatic heterocycles. The van der Waals surface area contributed by atoms with Gasteiger partial charge in [-0.1, -0.05) is 184 Å². The minimum absolute atomic E-state index is 0.127. The van der Waals surface area contributed by atoms with Gasteiger partial charge < -0.3 is 0 Å². The van der Waals surface area contributed by atoms with Crippen LogP contribution in [0.2, 0.25) is 0 Å². The molecule has 1 aliphatic carbocycles. The van der Waals surface area contributed by atoms with E-state index in [1.807, 2.05) is 11.3 Å². The lowest BCUT2D eigenvalue weighted by Gasteiger charge is -2.23. The van der Waals surface area contributed by atoms with Crippen LogP contribution < -0.4 is 0 Å². The Labute approximate surface area is 329 Å². The van der Waals surface area contributed by atoms with Gasteiger partial charge in [0, 0.05) is 31.0 Å². The summed E-state index contributed by atoms with van der Waals surface area (Å²) in [5.74, 6) is 0. The van der Waals surface area contributed by atoms with Crippen molar-refractivity contribution in [2.75, 3.05) is 0 Å². The van der Waals surface area contributed by atoms with E-state index < -0.39 is 0 Å². The smallest absolute Gasteiger partial charge is 0.0434 e. The molecule has 1 heterocycles. The summed E-state index contributed by atoms with van der Waals surface area (Å²) in [7, 11) is 0. The van der Waals surface area contributed by atoms with E-state index in [2.05, 4.69) is 196 Å². The molecule has 0 saturated heterocycles. The lowest BCUT2D eigenvalue weighted by Crippen LogP contribution is -2.15. The molecule has 0 bridgehead atoms. The Kier molecular flexibility index (Phi) is 6.66. The second-order valence-electron chi connectivity index (χ2n) is 15.9. The van der Waals surface area contributed by atoms with E-state index >= 15 is 0 Å². The summed E-state index contributed by atoms with van der Waals surface area (Å²) in [6, 6.07) is 68.1. The second-order valence-corrected chi connectivity index (χ2v) is 17.0. The highest BCUT2D eigenvalue weighted by Gasteiger charge is 2.37. The third kappa shape index (κ3) is 4.35. The molecule has 10 aromatic carbocycles. The Morgan fingerprint density at radius 3 is 1.54 bits per heavy atom. The second kappa shape index (κ2) is 11.7. The summed E-state index contributed by atoms with van der Waals surface area (Å²) in [5, 5.41) is 13.1. The van der Waals surface area contributed by atoms with E-state index in [4.69, 9.17) is 0 Å². The quantitative estimate of drug-likeness (QED) is 0.159. The number of rotatable bonds is 3. The summed E-state index contributed by atoms with van der Waals surface area (Å²) in [4.78, 5) is 0. The summed E-state index contributed by atoms with van der Waals surface area (Å²) in [6.07, 6.45) is 0. The van der Waals surface area contributed by atoms with Crippen molar-refractivity contribution in [1.29, 1.82) is 0 Å². The molecule has 0 atom stereocenters. The molecule has 262 valence electrons. The van der Waals surface area contributed by atoms with E-state index in [0.29, 0.717) is 0 Å². The monoisotopic (exact) mass is 728 g/mol. The highest BCUT2D eigenvalue weighted by molar-refractivity contribution is 7.26. The third-order valence-electron chi connectivity index (χ3n) is 12.7. The Morgan fingerprint density at radius 1 is 0.321 bits per heavy atom. The van der Waals surface area contributed by atoms with E-state index in [-0.39, 0.29) is 5.41 Å². The van der Waals surface area contributed by atoms with Gasteiger partial charge in [-0.15, -0.1) is 11.3 Å². The van der Waals surface area contributed by atoms with Gasteiger partial charge in [-0.2, -0.15) is 0 Å². The van der Waals surface area contributed by atoms with Gasteiger partial charge in [-0.3, -0.25) is 0 Å². The molecule has 0 N–H and O–H groups in total. The molecule has 1 heteroatoms. The zero-order valence-electron chi connectivity index (χ0n) is 31.2. The number of hydrogen-bond acceptors (Lipinski definition) is 1. The molecule has 1 aromatic heterocycles. The number of thiophene rings is 1. The van der Waals surface area contributed by atoms with Gasteiger partial charge in [-0.25, -0.2) is 0 Å². The van der Waals surface area contributed by atoms with E-state index in [0.717, 1.165) is 0 Å². The summed E-state index contributed by atoms with van der Waals surface area (Å²) >= 11 is 1.92. The van der Waals surface area contributed by atoms with Gasteiger partial charge in [0.1, 0.15) is 0 Å². The van der Waals surface area contributed by atoms with E-state index in [9.17, 15) is 0 Å². The molecular weight excluding hydrogens is 693 g/mol. The largest absolute Gasteiger partial charge is 0.135 e. The molecule has 0 unspecified atom stereocenters. The van der Waals surface area contributed by atoms with Crippen LogP contribution in [-0.2, 0) is 5.41 Å². The molecule has 0 nitrogen and oxygen atoms in total. The molecule has 56 heavy (non-hydrogen) atoms. The molecule has 0 fully saturated rings. The first-order valence-corrected chi connectivity index (χ1v) is 20.4. The van der Waals surface area contributed by atoms with E-state index in [1.165, 1.54) is 119 Å². The van der Waals surface area contributed by atoms with Gasteiger partial charge >= 0.3 is 0 Å². The van der Waals surface area contributed by atoms with Crippen molar-refractivity contribution < 1.29 is 0 Å². The van der Waals surface area contributed by atoms with Crippen LogP contribution in [0, 0.1) is 0 Å². The summed E-state index contributed by atoms with van der Waals surface area (Å²) in [5.41, 5.74) is 13.1. The molecule has 11 aromatic rings. The molecule has 1 aliphatic rings. The van der Waals surface area contributed by atoms with Crippen LogP contribution in [0.15, 0.2) is 182 Å². The van der Waals surface area contributed by atoms with E-state index in [1.54, 1.807) is 0 Å². The van der Waals surface area contributed by atoms with Crippen molar-refractivity contribution in [3.8, 4) is 44.5 Å². The normalized spacial score (nSPS) is 13.3. The van der Waals surface area contributed by atoms with Crippen LogP contribution >= 0.6 is 11.3 Å². The maximum Gasteiger partial charge on any atom is 0.0434 e. The van der Waals surface area contributed by atoms with Crippen LogP contribution in [0.1, 0.15) is 25.0 Å². The van der Waals surface area contributed by atoms with Crippen LogP contribution in [0.5, 0.6) is 0 Å². The van der Waals surface area contributed by atoms with Gasteiger partial charge in [0.25, 0.3) is 0 Å². The Balaban J connectivity index is 1.05. The molecule has 0 amide bonds. The minimum Gasteiger partial charge on any atom is -0.135 e. The predicted molar refractivity (Wildman–Crippen MR) is 243 cm³/mol. The lowest BCUT2D eigenvalue weighted by atomic mass is 9.80. The molecule has 0 spiro atoms. The maximum absolute atomic E-state index is 2.49. The summed E-state index contributed by atoms with van der Waals surface area (Å²) < 4.78 is 2.74. The summed E-state index contributed by atoms with van der Waals surface area (Å²) in [6.45, 7) is 4.81. The average Bonchev–Trinajstić information content (AvgIpc) is 3.74. The minimum atomic E-state index is -0.127. The number of fused-ring (bicyclic) bond motifs is 12. The van der Waals surface area contributed by atoms with Crippen molar-refractivity contribution >= 4 is 74.6 Å². The topological polar surface area (TPSA) is 0 Å². The molecule has 12 rings (SSSR count). The van der Waals surface area contributed by atoms with Crippen molar-refractivity contribution in [2.24, 2.45) is 0 Å². The number of benzene rings is 10. The van der Waals surface area contributed by atoms with Crippen molar-refractivity contribution in [3.05, 3.63) is 193 Å². The maximum atomic E-state index is 2.49. The van der Waals surface area contributed by atoms with Gasteiger partial charge in [0.05, 0.1) is 0 Å². The van der Waals surface area contributed by atoms with Crippen molar-refractivity contribution in [3.63, 3.8) is 0 Å². The Morgan fingerprint density at radius 2 is 0.821 bits per heavy atom. The number of hydrogen-bond donors (Lipinski definition) is 0. The Bertz CT molecular complexity index is 3380. The zero-order chi connectivity index (χ0) is 37.1. The van der Waals surface area contributed by atoms with Crippen molar-refractivity contribution in [1.82, 2.24) is 0 Å². The molecule has 0 saturated carbocycles. The van der Waals surface area contributed by atoms with Crippen LogP contribution in [0.4, 0.5) is 0 Å². The first-order valence-electron chi connectivity index (χ1n) is 19.6. The fourth-order valence-electron chi connectivity index (χ4n) is 10.1. The lowest BCUT2D eigenvalue weighted by molar-refractivity contribution is 0.661. The fourth-order valence-corrected chi connectivity index (χ4v) is 11.3. The zero-order valence-corrected chi connectivity index (χ0v) is 32.0. The van der Waals surface area contributed by atoms with Gasteiger partial charge in [0.15, 0.2) is 0 Å². The third-order valence-corrected chi connectivity index (χ3v) is 13.9. The SMILES string of the molecule is CC1(C)c2cc(-c3ccc(-c4c5ccccc5c(-c5ccccc5)c5ccccc45)c4ccccc34)ccc2-c2c1ccc1c2ccc2c3ccccc3sc12. The Hall–Kier alpha value is -6.54. The molecule has 0 radical (unpaired) electrons. The van der Waals surface area contributed by atoms with Crippen LogP contribution in [-0.4, -0.2) is 0 Å². The average molecular weight is 729 g/mol.